The van der Waals surface area contributed by atoms with E-state index in [1.807, 2.05) is 6.07 Å². The molecule has 24 heavy (non-hydrogen) atoms. The molecule has 2 amide bonds. The Hall–Kier alpha value is -3.03. The van der Waals surface area contributed by atoms with Gasteiger partial charge in [0.2, 0.25) is 5.91 Å². The van der Waals surface area contributed by atoms with Gasteiger partial charge in [0.25, 0.3) is 5.91 Å². The Morgan fingerprint density at radius 2 is 1.71 bits per heavy atom. The molecule has 0 saturated carbocycles. The molecule has 0 fully saturated rings. The molecule has 2 atom stereocenters. The van der Waals surface area contributed by atoms with Crippen LogP contribution in [0.2, 0.25) is 0 Å². The second-order valence-electron chi connectivity index (χ2n) is 5.19. The quantitative estimate of drug-likeness (QED) is 0.769. The normalized spacial score (nSPS) is 13.0. The summed E-state index contributed by atoms with van der Waals surface area (Å²) in [6, 6.07) is 5.50. The highest BCUT2D eigenvalue weighted by atomic mass is 16.5. The number of amides is 2. The highest BCUT2D eigenvalue weighted by Crippen LogP contribution is 2.08. The predicted octanol–water partition coefficient (Wildman–Crippen LogP) is 0.426. The van der Waals surface area contributed by atoms with E-state index in [1.165, 1.54) is 27.2 Å². The number of esters is 1. The van der Waals surface area contributed by atoms with Crippen LogP contribution in [-0.4, -0.2) is 46.9 Å². The Morgan fingerprint density at radius 3 is 2.38 bits per heavy atom. The van der Waals surface area contributed by atoms with Gasteiger partial charge in [-0.2, -0.15) is 0 Å². The third kappa shape index (κ3) is 4.03. The highest BCUT2D eigenvalue weighted by Gasteiger charge is 2.22. The fourth-order valence-corrected chi connectivity index (χ4v) is 1.98. The molecule has 0 aliphatic heterocycles. The maximum Gasteiger partial charge on any atom is 0.328 e. The van der Waals surface area contributed by atoms with E-state index in [0.717, 1.165) is 0 Å². The van der Waals surface area contributed by atoms with Crippen LogP contribution >= 0.6 is 0 Å². The predicted molar refractivity (Wildman–Crippen MR) is 86.1 cm³/mol. The molecule has 0 radical (unpaired) electrons. The van der Waals surface area contributed by atoms with E-state index in [0.29, 0.717) is 11.0 Å². The summed E-state index contributed by atoms with van der Waals surface area (Å²) < 4.78 is 4.52. The van der Waals surface area contributed by atoms with Crippen LogP contribution in [0.15, 0.2) is 30.5 Å². The smallest absolute Gasteiger partial charge is 0.328 e. The molecule has 1 heterocycles. The number of nitrogens with one attached hydrogen (secondary N) is 2. The summed E-state index contributed by atoms with van der Waals surface area (Å²) in [4.78, 5) is 43.8. The van der Waals surface area contributed by atoms with Gasteiger partial charge in [0.1, 0.15) is 17.8 Å². The van der Waals surface area contributed by atoms with Crippen molar-refractivity contribution in [2.45, 2.75) is 25.9 Å². The fourth-order valence-electron chi connectivity index (χ4n) is 1.98. The topological polar surface area (TPSA) is 110 Å². The number of aromatic nitrogens is 2. The van der Waals surface area contributed by atoms with E-state index in [-0.39, 0.29) is 5.69 Å². The molecular formula is C16H18N4O4. The second kappa shape index (κ2) is 7.49. The molecule has 0 spiro atoms. The lowest BCUT2D eigenvalue weighted by Crippen LogP contribution is -2.49. The van der Waals surface area contributed by atoms with Crippen LogP contribution in [-0.2, 0) is 14.3 Å². The van der Waals surface area contributed by atoms with Gasteiger partial charge in [-0.3, -0.25) is 14.6 Å². The third-order valence-corrected chi connectivity index (χ3v) is 3.34. The molecule has 8 heteroatoms. The van der Waals surface area contributed by atoms with Gasteiger partial charge >= 0.3 is 5.97 Å². The van der Waals surface area contributed by atoms with E-state index in [1.54, 1.807) is 18.2 Å². The summed E-state index contributed by atoms with van der Waals surface area (Å²) in [5.74, 6) is -1.60. The molecular weight excluding hydrogens is 312 g/mol. The van der Waals surface area contributed by atoms with E-state index in [2.05, 4.69) is 25.3 Å². The lowest BCUT2D eigenvalue weighted by molar-refractivity contribution is -0.144. The Bertz CT molecular complexity index is 778. The lowest BCUT2D eigenvalue weighted by atomic mass is 10.2. The average Bonchev–Trinajstić information content (AvgIpc) is 2.60. The zero-order chi connectivity index (χ0) is 17.7. The van der Waals surface area contributed by atoms with Crippen molar-refractivity contribution in [3.63, 3.8) is 0 Å². The monoisotopic (exact) mass is 330 g/mol. The number of benzene rings is 1. The van der Waals surface area contributed by atoms with Crippen LogP contribution in [0.1, 0.15) is 24.3 Å². The van der Waals surface area contributed by atoms with Crippen LogP contribution in [0.25, 0.3) is 11.0 Å². The molecule has 1 aromatic carbocycles. The van der Waals surface area contributed by atoms with E-state index in [9.17, 15) is 14.4 Å². The van der Waals surface area contributed by atoms with Crippen molar-refractivity contribution < 1.29 is 19.1 Å². The summed E-state index contributed by atoms with van der Waals surface area (Å²) in [5, 5.41) is 4.97. The molecule has 2 aromatic rings. The fraction of sp³-hybridized carbons (Fsp3) is 0.312. The number of hydrogen-bond acceptors (Lipinski definition) is 6. The minimum atomic E-state index is -0.849. The highest BCUT2D eigenvalue weighted by molar-refractivity contribution is 5.97. The Labute approximate surface area is 138 Å². The van der Waals surface area contributed by atoms with Gasteiger partial charge in [-0.25, -0.2) is 9.78 Å². The Kier molecular flexibility index (Phi) is 5.41. The summed E-state index contributed by atoms with van der Waals surface area (Å²) >= 11 is 0. The Morgan fingerprint density at radius 1 is 1.04 bits per heavy atom. The van der Waals surface area contributed by atoms with Crippen molar-refractivity contribution in [2.24, 2.45) is 0 Å². The first kappa shape index (κ1) is 17.3. The van der Waals surface area contributed by atoms with Gasteiger partial charge in [-0.05, 0) is 26.0 Å². The number of ether oxygens (including phenoxy) is 1. The number of hydrogen-bond donors (Lipinski definition) is 2. The summed E-state index contributed by atoms with van der Waals surface area (Å²) in [5.41, 5.74) is 1.36. The van der Waals surface area contributed by atoms with Crippen molar-refractivity contribution in [3.8, 4) is 0 Å². The van der Waals surface area contributed by atoms with Crippen molar-refractivity contribution >= 4 is 28.8 Å². The maximum atomic E-state index is 12.2. The minimum Gasteiger partial charge on any atom is -0.467 e. The van der Waals surface area contributed by atoms with Gasteiger partial charge in [0.05, 0.1) is 24.3 Å². The summed E-state index contributed by atoms with van der Waals surface area (Å²) in [6.07, 6.45) is 1.35. The van der Waals surface area contributed by atoms with Crippen LogP contribution in [0, 0.1) is 0 Å². The van der Waals surface area contributed by atoms with Crippen LogP contribution in [0.3, 0.4) is 0 Å². The van der Waals surface area contributed by atoms with E-state index in [4.69, 9.17) is 0 Å². The van der Waals surface area contributed by atoms with Gasteiger partial charge in [0.15, 0.2) is 0 Å². The first-order chi connectivity index (χ1) is 11.4. The molecule has 0 saturated heterocycles. The lowest BCUT2D eigenvalue weighted by Gasteiger charge is -2.17. The molecule has 0 aliphatic carbocycles. The van der Waals surface area contributed by atoms with Gasteiger partial charge in [0, 0.05) is 0 Å². The van der Waals surface area contributed by atoms with Crippen molar-refractivity contribution in [2.75, 3.05) is 7.11 Å². The molecule has 8 nitrogen and oxygen atoms in total. The second-order valence-corrected chi connectivity index (χ2v) is 5.19. The molecule has 0 unspecified atom stereocenters. The van der Waals surface area contributed by atoms with Crippen LogP contribution in [0.5, 0.6) is 0 Å². The number of methoxy groups -OCH3 is 1. The molecule has 0 bridgehead atoms. The first-order valence-corrected chi connectivity index (χ1v) is 7.33. The van der Waals surface area contributed by atoms with Gasteiger partial charge in [-0.1, -0.05) is 12.1 Å². The number of para-hydroxylation sites is 2. The molecule has 2 rings (SSSR count). The van der Waals surface area contributed by atoms with E-state index >= 15 is 0 Å². The molecule has 126 valence electrons. The average molecular weight is 330 g/mol. The molecule has 1 aromatic heterocycles. The van der Waals surface area contributed by atoms with Crippen molar-refractivity contribution in [1.29, 1.82) is 0 Å². The zero-order valence-corrected chi connectivity index (χ0v) is 13.6. The number of fused-ring (bicyclic) bond motifs is 1. The number of carbonyl (C=O) groups excluding carboxylic acids is 3. The number of carbonyl (C=O) groups is 3. The summed E-state index contributed by atoms with van der Waals surface area (Å²) in [6.45, 7) is 3.00. The first-order valence-electron chi connectivity index (χ1n) is 7.33. The van der Waals surface area contributed by atoms with Crippen LogP contribution in [0.4, 0.5) is 0 Å². The molecule has 2 N–H and O–H groups in total. The van der Waals surface area contributed by atoms with Gasteiger partial charge < -0.3 is 15.4 Å². The molecule has 0 aliphatic rings. The largest absolute Gasteiger partial charge is 0.467 e. The number of rotatable bonds is 5. The third-order valence-electron chi connectivity index (χ3n) is 3.34. The van der Waals surface area contributed by atoms with Crippen molar-refractivity contribution in [1.82, 2.24) is 20.6 Å². The standard InChI is InChI=1S/C16H18N4O4/c1-9(14(21)19-10(2)16(23)24-3)18-15(22)13-8-17-11-6-4-5-7-12(11)20-13/h4-10H,1-3H3,(H,18,22)(H,19,21)/t9-,10-/m1/s1. The maximum absolute atomic E-state index is 12.2. The van der Waals surface area contributed by atoms with Gasteiger partial charge in [-0.15, -0.1) is 0 Å². The SMILES string of the molecule is COC(=O)[C@@H](C)NC(=O)[C@@H](C)NC(=O)c1cnc2ccccc2n1. The number of nitrogens with zero attached hydrogens (tertiary/aromatic N) is 2. The van der Waals surface area contributed by atoms with E-state index < -0.39 is 29.9 Å². The zero-order valence-electron chi connectivity index (χ0n) is 13.6. The van der Waals surface area contributed by atoms with Crippen LogP contribution < -0.4 is 10.6 Å². The Balaban J connectivity index is 2.01. The summed E-state index contributed by atoms with van der Waals surface area (Å²) in [7, 11) is 1.23. The van der Waals surface area contributed by atoms with Crippen molar-refractivity contribution in [3.05, 3.63) is 36.2 Å². The minimum absolute atomic E-state index is 0.106.